The van der Waals surface area contributed by atoms with Crippen LogP contribution >= 0.6 is 0 Å². The van der Waals surface area contributed by atoms with E-state index >= 15 is 0 Å². The summed E-state index contributed by atoms with van der Waals surface area (Å²) >= 11 is 0. The molecular formula is C21H29N. The minimum atomic E-state index is 0.0658. The van der Waals surface area contributed by atoms with Crippen molar-refractivity contribution in [3.8, 4) is 11.8 Å². The zero-order valence-electron chi connectivity index (χ0n) is 15.0. The Kier molecular flexibility index (Phi) is 6.65. The molecule has 0 aliphatic carbocycles. The summed E-state index contributed by atoms with van der Waals surface area (Å²) in [5.41, 5.74) is 5.09. The standard InChI is InChI=1S/C21H29N/c1-17(2)19-12-11-18(3)20(15-19)16-22(7)14-10-8-9-13-21(4,5)6/h8,10-12,15H,1,14,16H2,2-7H3. The third-order valence-corrected chi connectivity index (χ3v) is 3.35. The van der Waals surface area contributed by atoms with Gasteiger partial charge in [-0.25, -0.2) is 0 Å². The van der Waals surface area contributed by atoms with Crippen molar-refractivity contribution in [2.45, 2.75) is 41.2 Å². The number of allylic oxidation sites excluding steroid dienone is 2. The Bertz CT molecular complexity index is 603. The second-order valence-corrected chi connectivity index (χ2v) is 7.04. The van der Waals surface area contributed by atoms with Crippen molar-refractivity contribution in [2.75, 3.05) is 13.6 Å². The van der Waals surface area contributed by atoms with Gasteiger partial charge in [-0.15, -0.1) is 0 Å². The molecule has 0 aliphatic heterocycles. The lowest BCUT2D eigenvalue weighted by atomic mass is 9.98. The summed E-state index contributed by atoms with van der Waals surface area (Å²) in [7, 11) is 2.13. The molecule has 0 aromatic heterocycles. The highest BCUT2D eigenvalue weighted by Crippen LogP contribution is 2.18. The van der Waals surface area contributed by atoms with Gasteiger partial charge in [-0.3, -0.25) is 4.90 Å². The van der Waals surface area contributed by atoms with E-state index in [1.807, 2.05) is 6.08 Å². The van der Waals surface area contributed by atoms with Gasteiger partial charge in [0.25, 0.3) is 0 Å². The van der Waals surface area contributed by atoms with Crippen molar-refractivity contribution in [3.63, 3.8) is 0 Å². The van der Waals surface area contributed by atoms with Gasteiger partial charge in [0.15, 0.2) is 0 Å². The van der Waals surface area contributed by atoms with Gasteiger partial charge in [-0.2, -0.15) is 0 Å². The molecule has 0 atom stereocenters. The van der Waals surface area contributed by atoms with Crippen LogP contribution in [0.25, 0.3) is 5.57 Å². The topological polar surface area (TPSA) is 3.24 Å². The number of rotatable bonds is 5. The van der Waals surface area contributed by atoms with Crippen molar-refractivity contribution >= 4 is 5.57 Å². The zero-order chi connectivity index (χ0) is 16.8. The highest BCUT2D eigenvalue weighted by Gasteiger charge is 2.04. The van der Waals surface area contributed by atoms with Crippen molar-refractivity contribution in [1.82, 2.24) is 4.90 Å². The molecule has 22 heavy (non-hydrogen) atoms. The van der Waals surface area contributed by atoms with Crippen LogP contribution in [0.2, 0.25) is 0 Å². The molecule has 0 unspecified atom stereocenters. The van der Waals surface area contributed by atoms with Gasteiger partial charge in [-0.1, -0.05) is 42.2 Å². The molecule has 0 N–H and O–H groups in total. The molecule has 0 saturated carbocycles. The average molecular weight is 295 g/mol. The minimum absolute atomic E-state index is 0.0658. The maximum atomic E-state index is 4.03. The largest absolute Gasteiger partial charge is 0.298 e. The normalized spacial score (nSPS) is 11.6. The summed E-state index contributed by atoms with van der Waals surface area (Å²) < 4.78 is 0. The molecule has 1 nitrogen and oxygen atoms in total. The summed E-state index contributed by atoms with van der Waals surface area (Å²) in [5, 5.41) is 0. The quantitative estimate of drug-likeness (QED) is 0.686. The Hall–Kier alpha value is -1.78. The molecule has 0 heterocycles. The molecule has 1 heteroatoms. The lowest BCUT2D eigenvalue weighted by Crippen LogP contribution is -2.18. The van der Waals surface area contributed by atoms with Gasteiger partial charge >= 0.3 is 0 Å². The molecule has 0 radical (unpaired) electrons. The van der Waals surface area contributed by atoms with Gasteiger partial charge in [0.05, 0.1) is 0 Å². The highest BCUT2D eigenvalue weighted by atomic mass is 15.1. The Morgan fingerprint density at radius 1 is 1.32 bits per heavy atom. The van der Waals surface area contributed by atoms with E-state index in [1.54, 1.807) is 0 Å². The van der Waals surface area contributed by atoms with Crippen LogP contribution in [0.1, 0.15) is 44.4 Å². The predicted octanol–water partition coefficient (Wildman–Crippen LogP) is 5.07. The second kappa shape index (κ2) is 8.01. The fraction of sp³-hybridized carbons (Fsp3) is 0.429. The lowest BCUT2D eigenvalue weighted by molar-refractivity contribution is 0.362. The van der Waals surface area contributed by atoms with E-state index in [1.165, 1.54) is 16.7 Å². The van der Waals surface area contributed by atoms with Crippen LogP contribution in [0.15, 0.2) is 36.9 Å². The van der Waals surface area contributed by atoms with Crippen molar-refractivity contribution in [3.05, 3.63) is 53.6 Å². The van der Waals surface area contributed by atoms with Gasteiger partial charge in [0.2, 0.25) is 0 Å². The van der Waals surface area contributed by atoms with E-state index in [0.717, 1.165) is 18.7 Å². The molecule has 0 aliphatic rings. The number of benzene rings is 1. The second-order valence-electron chi connectivity index (χ2n) is 7.04. The van der Waals surface area contributed by atoms with Crippen LogP contribution in [-0.2, 0) is 6.54 Å². The van der Waals surface area contributed by atoms with Crippen LogP contribution in [-0.4, -0.2) is 18.5 Å². The smallest absolute Gasteiger partial charge is 0.0236 e. The maximum absolute atomic E-state index is 4.03. The van der Waals surface area contributed by atoms with Gasteiger partial charge in [-0.05, 0) is 70.5 Å². The van der Waals surface area contributed by atoms with E-state index in [9.17, 15) is 0 Å². The number of likely N-dealkylation sites (N-methyl/N-ethyl adjacent to an activating group) is 1. The molecular weight excluding hydrogens is 266 g/mol. The first-order valence-electron chi connectivity index (χ1n) is 7.81. The van der Waals surface area contributed by atoms with Crippen LogP contribution < -0.4 is 0 Å². The predicted molar refractivity (Wildman–Crippen MR) is 98.6 cm³/mol. The van der Waals surface area contributed by atoms with E-state index in [0.29, 0.717) is 0 Å². The molecule has 0 saturated heterocycles. The van der Waals surface area contributed by atoms with Crippen LogP contribution in [0.5, 0.6) is 0 Å². The molecule has 1 rings (SSSR count). The molecule has 0 amide bonds. The zero-order valence-corrected chi connectivity index (χ0v) is 15.0. The summed E-state index contributed by atoms with van der Waals surface area (Å²) in [5.74, 6) is 6.32. The van der Waals surface area contributed by atoms with Crippen LogP contribution in [0.3, 0.4) is 0 Å². The fourth-order valence-corrected chi connectivity index (χ4v) is 2.01. The Morgan fingerprint density at radius 2 is 2.00 bits per heavy atom. The van der Waals surface area contributed by atoms with Gasteiger partial charge < -0.3 is 0 Å². The molecule has 0 bridgehead atoms. The SMILES string of the molecule is C=C(C)c1ccc(C)c(CN(C)CC=CC#CC(C)(C)C)c1. The van der Waals surface area contributed by atoms with E-state index < -0.39 is 0 Å². The molecule has 0 spiro atoms. The van der Waals surface area contributed by atoms with E-state index in [4.69, 9.17) is 0 Å². The monoisotopic (exact) mass is 295 g/mol. The van der Waals surface area contributed by atoms with Gasteiger partial charge in [0.1, 0.15) is 0 Å². The summed E-state index contributed by atoms with van der Waals surface area (Å²) in [6, 6.07) is 6.57. The van der Waals surface area contributed by atoms with Crippen molar-refractivity contribution in [2.24, 2.45) is 5.41 Å². The lowest BCUT2D eigenvalue weighted by Gasteiger charge is -2.17. The Labute approximate surface area is 136 Å². The number of nitrogens with zero attached hydrogens (tertiary/aromatic N) is 1. The number of aryl methyl sites for hydroxylation is 1. The summed E-state index contributed by atoms with van der Waals surface area (Å²) in [6.45, 7) is 16.4. The maximum Gasteiger partial charge on any atom is 0.0236 e. The van der Waals surface area contributed by atoms with Crippen molar-refractivity contribution < 1.29 is 0 Å². The number of hydrogen-bond acceptors (Lipinski definition) is 1. The van der Waals surface area contributed by atoms with Gasteiger partial charge in [0, 0.05) is 18.5 Å². The Balaban J connectivity index is 2.63. The molecule has 1 aromatic carbocycles. The first-order chi connectivity index (χ1) is 10.2. The van der Waals surface area contributed by atoms with Crippen LogP contribution in [0, 0.1) is 24.2 Å². The third kappa shape index (κ3) is 6.78. The van der Waals surface area contributed by atoms with E-state index in [-0.39, 0.29) is 5.41 Å². The third-order valence-electron chi connectivity index (χ3n) is 3.35. The molecule has 0 fully saturated rings. The first kappa shape index (κ1) is 18.3. The summed E-state index contributed by atoms with van der Waals surface area (Å²) in [6.07, 6.45) is 4.08. The Morgan fingerprint density at radius 3 is 2.59 bits per heavy atom. The minimum Gasteiger partial charge on any atom is -0.298 e. The summed E-state index contributed by atoms with van der Waals surface area (Å²) in [4.78, 5) is 2.29. The average Bonchev–Trinajstić information content (AvgIpc) is 2.39. The van der Waals surface area contributed by atoms with Crippen LogP contribution in [0.4, 0.5) is 0 Å². The highest BCUT2D eigenvalue weighted by molar-refractivity contribution is 5.62. The molecule has 1 aromatic rings. The van der Waals surface area contributed by atoms with E-state index in [2.05, 4.69) is 89.3 Å². The first-order valence-corrected chi connectivity index (χ1v) is 7.81. The molecule has 118 valence electrons. The van der Waals surface area contributed by atoms with Crippen molar-refractivity contribution in [1.29, 1.82) is 0 Å². The number of hydrogen-bond donors (Lipinski definition) is 0. The fourth-order valence-electron chi connectivity index (χ4n) is 2.01.